The van der Waals surface area contributed by atoms with Gasteiger partial charge in [-0.15, -0.1) is 0 Å². The van der Waals surface area contributed by atoms with E-state index in [1.165, 1.54) is 12.6 Å². The van der Waals surface area contributed by atoms with Crippen LogP contribution in [-0.2, 0) is 0 Å². The van der Waals surface area contributed by atoms with Crippen molar-refractivity contribution in [1.82, 2.24) is 15.0 Å². The topological polar surface area (TPSA) is 51.8 Å². The summed E-state index contributed by atoms with van der Waals surface area (Å²) in [6.45, 7) is 0. The lowest BCUT2D eigenvalue weighted by Gasteiger charge is -1.89. The van der Waals surface area contributed by atoms with E-state index in [9.17, 15) is 0 Å². The van der Waals surface area contributed by atoms with Crippen LogP contribution in [0.1, 0.15) is 0 Å². The maximum atomic E-state index is 4.67. The molecule has 0 bridgehead atoms. The Morgan fingerprint density at radius 1 is 1.36 bits per heavy atom. The van der Waals surface area contributed by atoms with Crippen molar-refractivity contribution in [3.05, 3.63) is 31.2 Å². The van der Waals surface area contributed by atoms with Crippen molar-refractivity contribution in [3.63, 3.8) is 0 Å². The number of hydrogen-bond donors (Lipinski definition) is 0. The van der Waals surface area contributed by atoms with Crippen LogP contribution < -0.4 is 0 Å². The maximum Gasteiger partial charge on any atom is 0.284 e. The minimum Gasteiger partial charge on any atom is -0.440 e. The fraction of sp³-hybridized carbons (Fsp3) is 0. The van der Waals surface area contributed by atoms with Gasteiger partial charge in [-0.3, -0.25) is 0 Å². The predicted molar refractivity (Wildman–Crippen MR) is 36.4 cm³/mol. The molecule has 0 aliphatic rings. The van der Waals surface area contributed by atoms with Crippen LogP contribution in [-0.4, -0.2) is 15.0 Å². The van der Waals surface area contributed by atoms with E-state index in [0.717, 1.165) is 5.69 Å². The zero-order valence-corrected chi connectivity index (χ0v) is 5.56. The van der Waals surface area contributed by atoms with Gasteiger partial charge < -0.3 is 4.42 Å². The Kier molecular flexibility index (Phi) is 1.37. The second kappa shape index (κ2) is 2.49. The molecule has 0 aliphatic carbocycles. The number of aromatic nitrogens is 3. The van der Waals surface area contributed by atoms with Crippen molar-refractivity contribution in [3.8, 4) is 11.4 Å². The molecule has 0 aliphatic heterocycles. The fourth-order valence-electron chi connectivity index (χ4n) is 0.744. The fourth-order valence-corrected chi connectivity index (χ4v) is 0.744. The van der Waals surface area contributed by atoms with Gasteiger partial charge >= 0.3 is 0 Å². The van der Waals surface area contributed by atoms with E-state index >= 15 is 0 Å². The molecular weight excluding hydrogens is 142 g/mol. The van der Waals surface area contributed by atoms with Crippen molar-refractivity contribution in [1.29, 1.82) is 0 Å². The van der Waals surface area contributed by atoms with Gasteiger partial charge in [0.1, 0.15) is 18.3 Å². The van der Waals surface area contributed by atoms with Crippen LogP contribution in [0.5, 0.6) is 0 Å². The summed E-state index contributed by atoms with van der Waals surface area (Å²) in [6.07, 6.45) is 6.94. The number of rotatable bonds is 1. The molecule has 4 nitrogen and oxygen atoms in total. The van der Waals surface area contributed by atoms with Gasteiger partial charge in [0.15, 0.2) is 0 Å². The highest BCUT2D eigenvalue weighted by Gasteiger charge is 1.99. The molecule has 2 rings (SSSR count). The summed E-state index contributed by atoms with van der Waals surface area (Å²) in [5.74, 6) is 0. The third kappa shape index (κ3) is 1.10. The van der Waals surface area contributed by atoms with Crippen LogP contribution in [0.25, 0.3) is 11.4 Å². The van der Waals surface area contributed by atoms with Crippen LogP contribution in [0.4, 0.5) is 0 Å². The lowest BCUT2D eigenvalue weighted by molar-refractivity contribution is 0.548. The molecule has 4 heteroatoms. The molecule has 11 heavy (non-hydrogen) atoms. The third-order valence-corrected chi connectivity index (χ3v) is 1.23. The van der Waals surface area contributed by atoms with E-state index in [-0.39, 0.29) is 0 Å². The van der Waals surface area contributed by atoms with E-state index in [4.69, 9.17) is 0 Å². The molecule has 0 atom stereocenters. The quantitative estimate of drug-likeness (QED) is 0.600. The molecule has 2 heterocycles. The van der Waals surface area contributed by atoms with Crippen LogP contribution in [0.3, 0.4) is 0 Å². The number of hydrogen-bond acceptors (Lipinski definition) is 4. The molecule has 0 spiro atoms. The Bertz CT molecular complexity index is 317. The van der Waals surface area contributed by atoms with Crippen molar-refractivity contribution in [2.45, 2.75) is 0 Å². The first kappa shape index (κ1) is 6.03. The van der Waals surface area contributed by atoms with Gasteiger partial charge in [0.2, 0.25) is 0 Å². The van der Waals surface area contributed by atoms with E-state index in [0.29, 0.717) is 5.69 Å². The lowest BCUT2D eigenvalue weighted by atomic mass is 10.3. The number of nitrogens with zero attached hydrogens (tertiary/aromatic N) is 3. The smallest absolute Gasteiger partial charge is 0.284 e. The molecule has 0 N–H and O–H groups in total. The van der Waals surface area contributed by atoms with Gasteiger partial charge in [-0.1, -0.05) is 0 Å². The minimum atomic E-state index is 0.674. The molecule has 0 fully saturated rings. The van der Waals surface area contributed by atoms with E-state index < -0.39 is 0 Å². The molecule has 1 radical (unpaired) electrons. The molecule has 0 amide bonds. The van der Waals surface area contributed by atoms with Crippen LogP contribution in [0, 0.1) is 6.39 Å². The molecule has 2 aromatic heterocycles. The minimum absolute atomic E-state index is 0.674. The zero-order chi connectivity index (χ0) is 7.52. The standard InChI is InChI=1S/C7H4N3O/c1-2-8-4-9-6(1)7-3-11-5-10-7/h1-4H. The Balaban J connectivity index is 2.46. The summed E-state index contributed by atoms with van der Waals surface area (Å²) >= 11 is 0. The van der Waals surface area contributed by atoms with Gasteiger partial charge in [0.25, 0.3) is 6.39 Å². The predicted octanol–water partition coefficient (Wildman–Crippen LogP) is 0.932. The molecule has 0 saturated heterocycles. The van der Waals surface area contributed by atoms with Crippen molar-refractivity contribution in [2.24, 2.45) is 0 Å². The highest BCUT2D eigenvalue weighted by Crippen LogP contribution is 2.10. The van der Waals surface area contributed by atoms with Crippen LogP contribution in [0.15, 0.2) is 29.3 Å². The second-order valence-electron chi connectivity index (χ2n) is 1.92. The summed E-state index contributed by atoms with van der Waals surface area (Å²) in [5.41, 5.74) is 1.41. The first-order chi connectivity index (χ1) is 5.47. The zero-order valence-electron chi connectivity index (χ0n) is 5.56. The van der Waals surface area contributed by atoms with Crippen LogP contribution >= 0.6 is 0 Å². The van der Waals surface area contributed by atoms with Gasteiger partial charge in [-0.05, 0) is 6.07 Å². The summed E-state index contributed by atoms with van der Waals surface area (Å²) in [6, 6.07) is 1.76. The summed E-state index contributed by atoms with van der Waals surface area (Å²) < 4.78 is 4.67. The van der Waals surface area contributed by atoms with Crippen molar-refractivity contribution in [2.75, 3.05) is 0 Å². The molecular formula is C7H4N3O. The van der Waals surface area contributed by atoms with Gasteiger partial charge in [0.05, 0.1) is 5.69 Å². The number of oxazole rings is 1. The van der Waals surface area contributed by atoms with Crippen molar-refractivity contribution < 1.29 is 4.42 Å². The summed E-state index contributed by atoms with van der Waals surface area (Å²) in [7, 11) is 0. The normalized spacial score (nSPS) is 9.82. The largest absolute Gasteiger partial charge is 0.440 e. The SMILES string of the molecule is [c]1nc(-c2ccncn2)co1. The highest BCUT2D eigenvalue weighted by molar-refractivity contribution is 5.50. The van der Waals surface area contributed by atoms with Gasteiger partial charge in [-0.2, -0.15) is 0 Å². The van der Waals surface area contributed by atoms with Crippen molar-refractivity contribution >= 4 is 0 Å². The Morgan fingerprint density at radius 2 is 2.36 bits per heavy atom. The first-order valence-electron chi connectivity index (χ1n) is 3.05. The van der Waals surface area contributed by atoms with E-state index in [2.05, 4.69) is 25.8 Å². The molecule has 0 aromatic carbocycles. The second-order valence-corrected chi connectivity index (χ2v) is 1.92. The molecule has 0 saturated carbocycles. The van der Waals surface area contributed by atoms with Gasteiger partial charge in [0, 0.05) is 6.20 Å². The molecule has 2 aromatic rings. The van der Waals surface area contributed by atoms with E-state index in [1.807, 2.05) is 0 Å². The average Bonchev–Trinajstić information content (AvgIpc) is 2.58. The maximum absolute atomic E-state index is 4.67. The highest BCUT2D eigenvalue weighted by atomic mass is 16.3. The van der Waals surface area contributed by atoms with E-state index in [1.54, 1.807) is 12.3 Å². The monoisotopic (exact) mass is 146 g/mol. The first-order valence-corrected chi connectivity index (χ1v) is 3.05. The van der Waals surface area contributed by atoms with Gasteiger partial charge in [-0.25, -0.2) is 15.0 Å². The third-order valence-electron chi connectivity index (χ3n) is 1.23. The summed E-state index contributed by atoms with van der Waals surface area (Å²) in [4.78, 5) is 11.5. The Hall–Kier alpha value is -1.71. The Labute approximate surface area is 62.9 Å². The average molecular weight is 146 g/mol. The lowest BCUT2D eigenvalue weighted by Crippen LogP contribution is -1.82. The van der Waals surface area contributed by atoms with Crippen LogP contribution in [0.2, 0.25) is 0 Å². The Morgan fingerprint density at radius 3 is 3.00 bits per heavy atom. The summed E-state index contributed by atoms with van der Waals surface area (Å²) in [5, 5.41) is 0. The molecule has 0 unspecified atom stereocenters. The molecule has 53 valence electrons.